The largest absolute Gasteiger partial charge is 0.453 e. The molecule has 2 heterocycles. The van der Waals surface area contributed by atoms with Crippen molar-refractivity contribution < 1.29 is 24.1 Å². The zero-order valence-electron chi connectivity index (χ0n) is 12.1. The lowest BCUT2D eigenvalue weighted by molar-refractivity contribution is -0.283. The molecule has 6 nitrogen and oxygen atoms in total. The lowest BCUT2D eigenvalue weighted by Gasteiger charge is -2.55. The molecule has 1 N–H and O–H groups in total. The molecule has 20 heavy (non-hydrogen) atoms. The number of ether oxygens (including phenoxy) is 3. The highest BCUT2D eigenvalue weighted by molar-refractivity contribution is 6.26. The first-order chi connectivity index (χ1) is 9.17. The maximum absolute atomic E-state index is 12.1. The van der Waals surface area contributed by atoms with Crippen molar-refractivity contribution in [3.8, 4) is 0 Å². The Labute approximate surface area is 122 Å². The number of nitrogens with zero attached hydrogens (tertiary/aromatic N) is 1. The van der Waals surface area contributed by atoms with Gasteiger partial charge in [0.05, 0.1) is 13.7 Å². The number of alkyl halides is 1. The summed E-state index contributed by atoms with van der Waals surface area (Å²) < 4.78 is 16.3. The fraction of sp³-hybridized carbons (Fsp3) is 0.923. The molecular formula is C13H20ClNO5. The smallest absolute Gasteiger partial charge is 0.412 e. The summed E-state index contributed by atoms with van der Waals surface area (Å²) in [4.78, 5) is 12.6. The Morgan fingerprint density at radius 3 is 2.70 bits per heavy atom. The summed E-state index contributed by atoms with van der Waals surface area (Å²) in [6.07, 6.45) is -1.00. The Morgan fingerprint density at radius 1 is 1.50 bits per heavy atom. The zero-order chi connectivity index (χ0) is 14.9. The van der Waals surface area contributed by atoms with E-state index in [9.17, 15) is 9.90 Å². The summed E-state index contributed by atoms with van der Waals surface area (Å²) in [6, 6.07) is -0.626. The molecule has 7 heteroatoms. The van der Waals surface area contributed by atoms with Crippen molar-refractivity contribution in [2.75, 3.05) is 13.7 Å². The van der Waals surface area contributed by atoms with E-state index in [1.807, 2.05) is 20.8 Å². The lowest BCUT2D eigenvalue weighted by atomic mass is 9.69. The number of aliphatic hydroxyl groups is 1. The van der Waals surface area contributed by atoms with Gasteiger partial charge in [-0.1, -0.05) is 20.8 Å². The van der Waals surface area contributed by atoms with E-state index in [0.717, 1.165) is 0 Å². The van der Waals surface area contributed by atoms with Crippen molar-refractivity contribution in [3.05, 3.63) is 0 Å². The van der Waals surface area contributed by atoms with Crippen LogP contribution in [0, 0.1) is 5.41 Å². The van der Waals surface area contributed by atoms with Gasteiger partial charge >= 0.3 is 6.09 Å². The maximum atomic E-state index is 12.1. The Kier molecular flexibility index (Phi) is 2.88. The maximum Gasteiger partial charge on any atom is 0.412 e. The number of amides is 1. The number of methoxy groups -OCH3 is 1. The van der Waals surface area contributed by atoms with Crippen LogP contribution in [0.3, 0.4) is 0 Å². The van der Waals surface area contributed by atoms with Crippen LogP contribution in [0.5, 0.6) is 0 Å². The van der Waals surface area contributed by atoms with E-state index in [-0.39, 0.29) is 5.41 Å². The molecule has 0 bridgehead atoms. The van der Waals surface area contributed by atoms with Crippen LogP contribution in [0.15, 0.2) is 0 Å². The number of carbonyl (C=O) groups excluding carboxylic acids is 1. The molecule has 0 unspecified atom stereocenters. The first-order valence-electron chi connectivity index (χ1n) is 6.74. The Balaban J connectivity index is 1.99. The molecule has 3 fully saturated rings. The number of carbonyl (C=O) groups is 1. The molecule has 5 atom stereocenters. The molecule has 1 saturated carbocycles. The highest BCUT2D eigenvalue weighted by atomic mass is 35.5. The zero-order valence-corrected chi connectivity index (χ0v) is 12.8. The Morgan fingerprint density at radius 2 is 2.15 bits per heavy atom. The summed E-state index contributed by atoms with van der Waals surface area (Å²) in [5.41, 5.74) is -0.330. The van der Waals surface area contributed by atoms with Gasteiger partial charge in [0.1, 0.15) is 23.2 Å². The first-order valence-corrected chi connectivity index (χ1v) is 7.11. The second-order valence-electron chi connectivity index (χ2n) is 6.75. The third kappa shape index (κ3) is 1.48. The quantitative estimate of drug-likeness (QED) is 0.683. The molecule has 1 amide bonds. The van der Waals surface area contributed by atoms with Gasteiger partial charge in [0.25, 0.3) is 0 Å². The lowest BCUT2D eigenvalue weighted by Crippen LogP contribution is -2.79. The monoisotopic (exact) mass is 305 g/mol. The van der Waals surface area contributed by atoms with Crippen molar-refractivity contribution in [3.63, 3.8) is 0 Å². The van der Waals surface area contributed by atoms with Gasteiger partial charge in [-0.3, -0.25) is 4.90 Å². The molecular weight excluding hydrogens is 286 g/mol. The summed E-state index contributed by atoms with van der Waals surface area (Å²) in [5.74, 6) is -1.56. The molecule has 0 spiro atoms. The molecule has 2 aliphatic heterocycles. The predicted molar refractivity (Wildman–Crippen MR) is 70.3 cm³/mol. The van der Waals surface area contributed by atoms with Gasteiger partial charge in [0.15, 0.2) is 0 Å². The van der Waals surface area contributed by atoms with E-state index in [4.69, 9.17) is 25.8 Å². The van der Waals surface area contributed by atoms with Crippen LogP contribution in [0.25, 0.3) is 0 Å². The van der Waals surface area contributed by atoms with Crippen LogP contribution < -0.4 is 0 Å². The number of fused-ring (bicyclic) bond motifs is 4. The van der Waals surface area contributed by atoms with E-state index in [0.29, 0.717) is 13.0 Å². The fourth-order valence-corrected chi connectivity index (χ4v) is 3.91. The van der Waals surface area contributed by atoms with Crippen molar-refractivity contribution in [1.82, 2.24) is 4.90 Å². The molecule has 0 aromatic heterocycles. The molecule has 2 saturated heterocycles. The highest BCUT2D eigenvalue weighted by Gasteiger charge is 2.82. The van der Waals surface area contributed by atoms with E-state index in [2.05, 4.69) is 0 Å². The molecule has 3 rings (SSSR count). The third-order valence-corrected chi connectivity index (χ3v) is 5.15. The summed E-state index contributed by atoms with van der Waals surface area (Å²) in [6.45, 7) is 6.23. The number of hydrogen-bond acceptors (Lipinski definition) is 5. The van der Waals surface area contributed by atoms with Crippen LogP contribution in [0.2, 0.25) is 0 Å². The van der Waals surface area contributed by atoms with Gasteiger partial charge in [-0.15, -0.1) is 11.6 Å². The highest BCUT2D eigenvalue weighted by Crippen LogP contribution is 2.62. The second-order valence-corrected chi connectivity index (χ2v) is 7.43. The van der Waals surface area contributed by atoms with Crippen molar-refractivity contribution >= 4 is 17.7 Å². The van der Waals surface area contributed by atoms with Gasteiger partial charge in [-0.2, -0.15) is 0 Å². The van der Waals surface area contributed by atoms with Gasteiger partial charge in [-0.05, 0) is 6.42 Å². The minimum atomic E-state index is -1.56. The first kappa shape index (κ1) is 14.4. The summed E-state index contributed by atoms with van der Waals surface area (Å²) >= 11 is 6.50. The molecule has 0 aromatic carbocycles. The standard InChI is InChI=1S/C13H20ClNO5/c1-11(2,3)9-15(10(16)18-4)7-8(20-9)12(14)5-6-19-13(7,12)17/h7-9,17H,5-6H2,1-4H3/t7-,8+,9-,12-,13-/m1/s1. The van der Waals surface area contributed by atoms with Crippen LogP contribution in [0.4, 0.5) is 4.79 Å². The Hall–Kier alpha value is -0.560. The van der Waals surface area contributed by atoms with Crippen molar-refractivity contribution in [1.29, 1.82) is 0 Å². The van der Waals surface area contributed by atoms with E-state index >= 15 is 0 Å². The summed E-state index contributed by atoms with van der Waals surface area (Å²) in [7, 11) is 1.31. The number of hydrogen-bond donors (Lipinski definition) is 1. The van der Waals surface area contributed by atoms with E-state index in [1.165, 1.54) is 12.0 Å². The van der Waals surface area contributed by atoms with Crippen LogP contribution >= 0.6 is 11.6 Å². The molecule has 0 aromatic rings. The number of halogens is 1. The second kappa shape index (κ2) is 4.00. The molecule has 0 radical (unpaired) electrons. The molecule has 114 valence electrons. The Bertz CT molecular complexity index is 453. The SMILES string of the molecule is COC(=O)N1[C@@H](C(C)(C)C)O[C@H]2[C@@H]1[C@@]1(O)OCC[C@@]21Cl. The van der Waals surface area contributed by atoms with Crippen molar-refractivity contribution in [2.45, 2.75) is 56.2 Å². The minimum Gasteiger partial charge on any atom is -0.453 e. The van der Waals surface area contributed by atoms with Gasteiger partial charge < -0.3 is 19.3 Å². The average Bonchev–Trinajstić information content (AvgIpc) is 2.86. The summed E-state index contributed by atoms with van der Waals surface area (Å²) in [5, 5.41) is 10.7. The molecule has 3 aliphatic rings. The van der Waals surface area contributed by atoms with E-state index < -0.39 is 35.1 Å². The van der Waals surface area contributed by atoms with E-state index in [1.54, 1.807) is 0 Å². The van der Waals surface area contributed by atoms with Gasteiger partial charge in [0, 0.05) is 5.41 Å². The fourth-order valence-electron chi connectivity index (χ4n) is 3.49. The third-order valence-electron chi connectivity index (χ3n) is 4.48. The van der Waals surface area contributed by atoms with Crippen LogP contribution in [0.1, 0.15) is 27.2 Å². The predicted octanol–water partition coefficient (Wildman–Crippen LogP) is 1.29. The van der Waals surface area contributed by atoms with Crippen LogP contribution in [-0.2, 0) is 14.2 Å². The topological polar surface area (TPSA) is 68.2 Å². The number of rotatable bonds is 0. The van der Waals surface area contributed by atoms with Crippen molar-refractivity contribution in [2.24, 2.45) is 5.41 Å². The minimum absolute atomic E-state index is 0.330. The molecule has 1 aliphatic carbocycles. The normalized spacial score (nSPS) is 46.7. The average molecular weight is 306 g/mol. The van der Waals surface area contributed by atoms with Gasteiger partial charge in [-0.25, -0.2) is 4.79 Å². The van der Waals surface area contributed by atoms with Crippen LogP contribution in [-0.4, -0.2) is 58.9 Å². The van der Waals surface area contributed by atoms with Gasteiger partial charge in [0.2, 0.25) is 5.79 Å².